The minimum Gasteiger partial charge on any atom is -0.370 e. The molecule has 0 saturated heterocycles. The molecule has 0 aliphatic carbocycles. The van der Waals surface area contributed by atoms with E-state index >= 15 is 0 Å². The maximum absolute atomic E-state index is 11.7. The van der Waals surface area contributed by atoms with Crippen LogP contribution in [0.25, 0.3) is 0 Å². The van der Waals surface area contributed by atoms with Crippen molar-refractivity contribution in [2.24, 2.45) is 10.7 Å². The fourth-order valence-electron chi connectivity index (χ4n) is 1.36. The Morgan fingerprint density at radius 3 is 2.37 bits per heavy atom. The fourth-order valence-corrected chi connectivity index (χ4v) is 1.89. The second-order valence-electron chi connectivity index (χ2n) is 4.03. The van der Waals surface area contributed by atoms with E-state index in [2.05, 4.69) is 10.3 Å². The smallest absolute Gasteiger partial charge is 0.231 e. The minimum absolute atomic E-state index is 0. The number of hydrogen-bond acceptors (Lipinski definition) is 2. The highest BCUT2D eigenvalue weighted by atomic mass is 35.5. The number of carbonyl (C=O) groups excluding carboxylic acids is 1. The number of rotatable bonds is 3. The Kier molecular flexibility index (Phi) is 7.83. The predicted octanol–water partition coefficient (Wildman–Crippen LogP) is 2.80. The van der Waals surface area contributed by atoms with Gasteiger partial charge in [-0.05, 0) is 31.5 Å². The Hall–Kier alpha value is -0.970. The summed E-state index contributed by atoms with van der Waals surface area (Å²) in [6, 6.07) is 5.11. The van der Waals surface area contributed by atoms with E-state index in [4.69, 9.17) is 28.9 Å². The number of hydrogen-bond donors (Lipinski definition) is 2. The third-order valence-corrected chi connectivity index (χ3v) is 2.77. The maximum Gasteiger partial charge on any atom is 0.231 e. The first-order valence-electron chi connectivity index (χ1n) is 5.46. The minimum atomic E-state index is -0.299. The third-order valence-electron chi connectivity index (χ3n) is 2.06. The van der Waals surface area contributed by atoms with Crippen LogP contribution in [0.3, 0.4) is 0 Å². The van der Waals surface area contributed by atoms with Crippen LogP contribution in [-0.2, 0) is 11.2 Å². The second-order valence-corrected chi connectivity index (χ2v) is 4.85. The Morgan fingerprint density at radius 2 is 1.89 bits per heavy atom. The summed E-state index contributed by atoms with van der Waals surface area (Å²) in [4.78, 5) is 15.7. The topological polar surface area (TPSA) is 67.5 Å². The first kappa shape index (κ1) is 18.0. The largest absolute Gasteiger partial charge is 0.370 e. The summed E-state index contributed by atoms with van der Waals surface area (Å²) in [6.45, 7) is 3.73. The molecule has 0 saturated carbocycles. The first-order chi connectivity index (χ1) is 8.40. The summed E-state index contributed by atoms with van der Waals surface area (Å²) >= 11 is 11.9. The molecule has 3 N–H and O–H groups in total. The standard InChI is InChI=1S/C12H15Cl2N3O.ClH/c1-7(2)16-12(15)17-11(18)6-8-9(13)4-3-5-10(8)14;/h3-5,7H,6H2,1-2H3,(H3,15,16,17,18);1H. The molecular weight excluding hydrogens is 309 g/mol. The molecule has 1 rings (SSSR count). The molecule has 1 amide bonds. The van der Waals surface area contributed by atoms with Gasteiger partial charge in [-0.15, -0.1) is 12.4 Å². The van der Waals surface area contributed by atoms with Crippen molar-refractivity contribution in [2.45, 2.75) is 26.3 Å². The summed E-state index contributed by atoms with van der Waals surface area (Å²) in [6.07, 6.45) is 0.0623. The third kappa shape index (κ3) is 6.14. The number of guanidine groups is 1. The van der Waals surface area contributed by atoms with Gasteiger partial charge in [-0.3, -0.25) is 15.1 Å². The van der Waals surface area contributed by atoms with Gasteiger partial charge in [0.2, 0.25) is 5.91 Å². The van der Waals surface area contributed by atoms with Gasteiger partial charge in [0.1, 0.15) is 0 Å². The van der Waals surface area contributed by atoms with Crippen molar-refractivity contribution in [3.8, 4) is 0 Å². The number of nitrogens with two attached hydrogens (primary N) is 1. The molecule has 7 heteroatoms. The molecule has 106 valence electrons. The first-order valence-corrected chi connectivity index (χ1v) is 6.21. The summed E-state index contributed by atoms with van der Waals surface area (Å²) in [7, 11) is 0. The van der Waals surface area contributed by atoms with E-state index in [1.807, 2.05) is 13.8 Å². The number of halogens is 3. The Morgan fingerprint density at radius 1 is 1.37 bits per heavy atom. The lowest BCUT2D eigenvalue weighted by Gasteiger charge is -2.08. The SMILES string of the molecule is CC(C)N=C(N)NC(=O)Cc1c(Cl)cccc1Cl.Cl. The maximum atomic E-state index is 11.7. The van der Waals surface area contributed by atoms with Crippen molar-refractivity contribution in [3.05, 3.63) is 33.8 Å². The molecule has 0 aliphatic rings. The van der Waals surface area contributed by atoms with Crippen LogP contribution in [0.4, 0.5) is 0 Å². The zero-order valence-corrected chi connectivity index (χ0v) is 12.9. The predicted molar refractivity (Wildman–Crippen MR) is 82.3 cm³/mol. The highest BCUT2D eigenvalue weighted by molar-refractivity contribution is 6.36. The molecule has 0 radical (unpaired) electrons. The molecular formula is C12H16Cl3N3O. The van der Waals surface area contributed by atoms with Crippen molar-refractivity contribution in [3.63, 3.8) is 0 Å². The van der Waals surface area contributed by atoms with Crippen molar-refractivity contribution in [1.82, 2.24) is 5.32 Å². The number of benzene rings is 1. The van der Waals surface area contributed by atoms with E-state index in [9.17, 15) is 4.79 Å². The number of amides is 1. The van der Waals surface area contributed by atoms with Gasteiger partial charge in [-0.1, -0.05) is 29.3 Å². The van der Waals surface area contributed by atoms with Crippen LogP contribution in [0.1, 0.15) is 19.4 Å². The lowest BCUT2D eigenvalue weighted by Crippen LogP contribution is -2.38. The van der Waals surface area contributed by atoms with E-state index in [0.29, 0.717) is 15.6 Å². The van der Waals surface area contributed by atoms with Crippen molar-refractivity contribution < 1.29 is 4.79 Å². The molecule has 0 aromatic heterocycles. The van der Waals surface area contributed by atoms with Crippen LogP contribution in [0.2, 0.25) is 10.0 Å². The van der Waals surface area contributed by atoms with Crippen molar-refractivity contribution in [2.75, 3.05) is 0 Å². The average molecular weight is 325 g/mol. The zero-order chi connectivity index (χ0) is 13.7. The van der Waals surface area contributed by atoms with E-state index in [0.717, 1.165) is 0 Å². The molecule has 0 aliphatic heterocycles. The number of aliphatic imine (C=N–C) groups is 1. The fraction of sp³-hybridized carbons (Fsp3) is 0.333. The van der Waals surface area contributed by atoms with Gasteiger partial charge in [-0.25, -0.2) is 0 Å². The van der Waals surface area contributed by atoms with E-state index < -0.39 is 0 Å². The van der Waals surface area contributed by atoms with E-state index in [1.54, 1.807) is 18.2 Å². The average Bonchev–Trinajstić information content (AvgIpc) is 2.22. The number of nitrogens with zero attached hydrogens (tertiary/aromatic N) is 1. The van der Waals surface area contributed by atoms with Crippen LogP contribution >= 0.6 is 35.6 Å². The van der Waals surface area contributed by atoms with Crippen LogP contribution in [0.5, 0.6) is 0 Å². The zero-order valence-electron chi connectivity index (χ0n) is 10.6. The van der Waals surface area contributed by atoms with Gasteiger partial charge >= 0.3 is 0 Å². The van der Waals surface area contributed by atoms with Gasteiger partial charge in [0.05, 0.1) is 6.42 Å². The molecule has 0 unspecified atom stereocenters. The Bertz CT molecular complexity index is 455. The molecule has 1 aromatic rings. The summed E-state index contributed by atoms with van der Waals surface area (Å²) in [5.74, 6) is -0.204. The second kappa shape index (κ2) is 8.25. The quantitative estimate of drug-likeness (QED) is 0.663. The van der Waals surface area contributed by atoms with Crippen LogP contribution in [0, 0.1) is 0 Å². The number of carbonyl (C=O) groups is 1. The molecule has 4 nitrogen and oxygen atoms in total. The van der Waals surface area contributed by atoms with Gasteiger partial charge < -0.3 is 5.73 Å². The molecule has 0 fully saturated rings. The van der Waals surface area contributed by atoms with Crippen molar-refractivity contribution in [1.29, 1.82) is 0 Å². The lowest BCUT2D eigenvalue weighted by atomic mass is 10.1. The van der Waals surface area contributed by atoms with Crippen LogP contribution in [0.15, 0.2) is 23.2 Å². The van der Waals surface area contributed by atoms with Crippen LogP contribution in [-0.4, -0.2) is 17.9 Å². The molecule has 0 atom stereocenters. The van der Waals surface area contributed by atoms with E-state index in [-0.39, 0.29) is 36.7 Å². The Balaban J connectivity index is 0.00000324. The van der Waals surface area contributed by atoms with Gasteiger partial charge in [0.25, 0.3) is 0 Å². The lowest BCUT2D eigenvalue weighted by molar-refractivity contribution is -0.119. The molecule has 0 bridgehead atoms. The summed E-state index contributed by atoms with van der Waals surface area (Å²) in [5.41, 5.74) is 6.14. The summed E-state index contributed by atoms with van der Waals surface area (Å²) in [5, 5.41) is 3.40. The van der Waals surface area contributed by atoms with Gasteiger partial charge in [0.15, 0.2) is 5.96 Å². The van der Waals surface area contributed by atoms with Crippen molar-refractivity contribution >= 4 is 47.5 Å². The van der Waals surface area contributed by atoms with E-state index in [1.165, 1.54) is 0 Å². The highest BCUT2D eigenvalue weighted by Crippen LogP contribution is 2.24. The molecule has 1 aromatic carbocycles. The van der Waals surface area contributed by atoms with Gasteiger partial charge in [0, 0.05) is 16.1 Å². The Labute approximate surface area is 128 Å². The monoisotopic (exact) mass is 323 g/mol. The summed E-state index contributed by atoms with van der Waals surface area (Å²) < 4.78 is 0. The molecule has 19 heavy (non-hydrogen) atoms. The normalized spacial score (nSPS) is 11.1. The number of nitrogens with one attached hydrogen (secondary N) is 1. The van der Waals surface area contributed by atoms with Crippen LogP contribution < -0.4 is 11.1 Å². The molecule has 0 spiro atoms. The highest BCUT2D eigenvalue weighted by Gasteiger charge is 2.11. The molecule has 0 heterocycles. The van der Waals surface area contributed by atoms with Gasteiger partial charge in [-0.2, -0.15) is 0 Å².